The van der Waals surface area contributed by atoms with Gasteiger partial charge in [0.2, 0.25) is 0 Å². The fourth-order valence-electron chi connectivity index (χ4n) is 2.71. The van der Waals surface area contributed by atoms with Crippen LogP contribution in [0.1, 0.15) is 17.0 Å². The van der Waals surface area contributed by atoms with Gasteiger partial charge >= 0.3 is 0 Å². The molecule has 0 radical (unpaired) electrons. The van der Waals surface area contributed by atoms with Crippen LogP contribution in [0.15, 0.2) is 54.9 Å². The van der Waals surface area contributed by atoms with Gasteiger partial charge in [-0.25, -0.2) is 4.98 Å². The second kappa shape index (κ2) is 7.08. The molecule has 0 saturated heterocycles. The number of aromatic nitrogens is 2. The minimum Gasteiger partial charge on any atom is -0.493 e. The molecule has 0 fully saturated rings. The van der Waals surface area contributed by atoms with Gasteiger partial charge in [0.25, 0.3) is 0 Å². The first-order valence-corrected chi connectivity index (χ1v) is 7.75. The third-order valence-corrected chi connectivity index (χ3v) is 3.92. The minimum absolute atomic E-state index is 0.718. The van der Waals surface area contributed by atoms with Crippen molar-refractivity contribution in [2.24, 2.45) is 0 Å². The molecule has 1 heterocycles. The average molecular weight is 323 g/mol. The number of nitrogens with two attached hydrogens (primary N) is 1. The highest BCUT2D eigenvalue weighted by Crippen LogP contribution is 2.28. The zero-order valence-electron chi connectivity index (χ0n) is 13.9. The van der Waals surface area contributed by atoms with Gasteiger partial charge in [-0.2, -0.15) is 0 Å². The molecular weight excluding hydrogens is 302 g/mol. The lowest BCUT2D eigenvalue weighted by Crippen LogP contribution is -2.05. The molecule has 0 unspecified atom stereocenters. The Bertz CT molecular complexity index is 827. The van der Waals surface area contributed by atoms with Crippen molar-refractivity contribution in [1.29, 1.82) is 0 Å². The van der Waals surface area contributed by atoms with Crippen LogP contribution in [-0.4, -0.2) is 23.8 Å². The molecule has 0 saturated carbocycles. The molecule has 5 heteroatoms. The molecule has 124 valence electrons. The summed E-state index contributed by atoms with van der Waals surface area (Å²) in [4.78, 5) is 4.49. The Hall–Kier alpha value is -2.95. The largest absolute Gasteiger partial charge is 0.493 e. The summed E-state index contributed by atoms with van der Waals surface area (Å²) in [5, 5.41) is 0. The molecule has 24 heavy (non-hydrogen) atoms. The Kier molecular flexibility index (Phi) is 4.70. The van der Waals surface area contributed by atoms with Crippen molar-refractivity contribution in [2.75, 3.05) is 20.0 Å². The Morgan fingerprint density at radius 2 is 1.83 bits per heavy atom. The standard InChI is InChI=1S/C19H21N3O2/c1-23-17-7-6-14(11-18(17)24-2)12-19-21-8-9-22(19)13-15-4-3-5-16(20)10-15/h3-11H,12-13,20H2,1-2H3. The number of benzene rings is 2. The topological polar surface area (TPSA) is 62.3 Å². The number of anilines is 1. The number of ether oxygens (including phenoxy) is 2. The highest BCUT2D eigenvalue weighted by molar-refractivity contribution is 5.44. The summed E-state index contributed by atoms with van der Waals surface area (Å²) in [6.07, 6.45) is 4.53. The lowest BCUT2D eigenvalue weighted by Gasteiger charge is -2.11. The third-order valence-electron chi connectivity index (χ3n) is 3.92. The summed E-state index contributed by atoms with van der Waals surface area (Å²) in [5.74, 6) is 2.44. The van der Waals surface area contributed by atoms with Crippen LogP contribution in [0.2, 0.25) is 0 Å². The Morgan fingerprint density at radius 3 is 2.58 bits per heavy atom. The summed E-state index contributed by atoms with van der Waals surface area (Å²) in [5.41, 5.74) is 8.90. The zero-order valence-corrected chi connectivity index (χ0v) is 13.9. The molecule has 3 aromatic rings. The summed E-state index contributed by atoms with van der Waals surface area (Å²) in [6, 6.07) is 13.8. The fraction of sp³-hybridized carbons (Fsp3) is 0.211. The zero-order chi connectivity index (χ0) is 16.9. The van der Waals surface area contributed by atoms with Crippen molar-refractivity contribution < 1.29 is 9.47 Å². The van der Waals surface area contributed by atoms with Crippen molar-refractivity contribution in [3.05, 3.63) is 71.8 Å². The normalized spacial score (nSPS) is 10.6. The molecule has 3 rings (SSSR count). The van der Waals surface area contributed by atoms with Crippen LogP contribution in [-0.2, 0) is 13.0 Å². The first-order valence-electron chi connectivity index (χ1n) is 7.75. The number of nitrogen functional groups attached to an aromatic ring is 1. The Balaban J connectivity index is 1.81. The predicted molar refractivity (Wildman–Crippen MR) is 94.5 cm³/mol. The van der Waals surface area contributed by atoms with Gasteiger partial charge in [0.1, 0.15) is 5.82 Å². The second-order valence-electron chi connectivity index (χ2n) is 5.58. The molecule has 0 atom stereocenters. The number of hydrogen-bond donors (Lipinski definition) is 1. The van der Waals surface area contributed by atoms with Crippen molar-refractivity contribution in [3.8, 4) is 11.5 Å². The van der Waals surface area contributed by atoms with Gasteiger partial charge in [0, 0.05) is 31.0 Å². The molecule has 0 aliphatic carbocycles. The number of nitrogens with zero attached hydrogens (tertiary/aromatic N) is 2. The van der Waals surface area contributed by atoms with Crippen molar-refractivity contribution in [3.63, 3.8) is 0 Å². The third kappa shape index (κ3) is 3.51. The first-order chi connectivity index (χ1) is 11.7. The van der Waals surface area contributed by atoms with Crippen LogP contribution < -0.4 is 15.2 Å². The van der Waals surface area contributed by atoms with E-state index in [9.17, 15) is 0 Å². The van der Waals surface area contributed by atoms with Gasteiger partial charge in [-0.3, -0.25) is 0 Å². The number of rotatable bonds is 6. The molecule has 0 aliphatic heterocycles. The Morgan fingerprint density at radius 1 is 1.00 bits per heavy atom. The van der Waals surface area contributed by atoms with Crippen LogP contribution in [0.4, 0.5) is 5.69 Å². The van der Waals surface area contributed by atoms with E-state index in [1.807, 2.05) is 48.8 Å². The van der Waals surface area contributed by atoms with Gasteiger partial charge in [-0.1, -0.05) is 18.2 Å². The maximum absolute atomic E-state index is 5.86. The van der Waals surface area contributed by atoms with E-state index in [-0.39, 0.29) is 0 Å². The maximum Gasteiger partial charge on any atom is 0.161 e. The highest BCUT2D eigenvalue weighted by Gasteiger charge is 2.09. The predicted octanol–water partition coefficient (Wildman–Crippen LogP) is 3.12. The van der Waals surface area contributed by atoms with Crippen LogP contribution in [0.25, 0.3) is 0 Å². The molecular formula is C19H21N3O2. The van der Waals surface area contributed by atoms with Gasteiger partial charge < -0.3 is 19.8 Å². The van der Waals surface area contributed by atoms with Gasteiger partial charge in [0.05, 0.1) is 14.2 Å². The quantitative estimate of drug-likeness (QED) is 0.708. The van der Waals surface area contributed by atoms with E-state index in [1.54, 1.807) is 14.2 Å². The monoisotopic (exact) mass is 323 g/mol. The molecule has 1 aromatic heterocycles. The van der Waals surface area contributed by atoms with E-state index < -0.39 is 0 Å². The summed E-state index contributed by atoms with van der Waals surface area (Å²) >= 11 is 0. The van der Waals surface area contributed by atoms with E-state index in [4.69, 9.17) is 15.2 Å². The van der Waals surface area contributed by atoms with Gasteiger partial charge in [-0.05, 0) is 35.4 Å². The van der Waals surface area contributed by atoms with Gasteiger partial charge in [-0.15, -0.1) is 0 Å². The van der Waals surface area contributed by atoms with E-state index in [1.165, 1.54) is 0 Å². The SMILES string of the molecule is COc1ccc(Cc2nccn2Cc2cccc(N)c2)cc1OC. The van der Waals surface area contributed by atoms with Crippen molar-refractivity contribution in [1.82, 2.24) is 9.55 Å². The van der Waals surface area contributed by atoms with Crippen LogP contribution in [0.3, 0.4) is 0 Å². The van der Waals surface area contributed by atoms with E-state index in [0.29, 0.717) is 0 Å². The maximum atomic E-state index is 5.86. The van der Waals surface area contributed by atoms with Crippen molar-refractivity contribution in [2.45, 2.75) is 13.0 Å². The van der Waals surface area contributed by atoms with E-state index in [2.05, 4.69) is 15.6 Å². The fourth-order valence-corrected chi connectivity index (χ4v) is 2.71. The lowest BCUT2D eigenvalue weighted by molar-refractivity contribution is 0.354. The van der Waals surface area contributed by atoms with Crippen molar-refractivity contribution >= 4 is 5.69 Å². The number of imidazole rings is 1. The molecule has 2 N–H and O–H groups in total. The summed E-state index contributed by atoms with van der Waals surface area (Å²) in [7, 11) is 3.28. The first kappa shape index (κ1) is 15.9. The molecule has 0 bridgehead atoms. The molecule has 0 aliphatic rings. The highest BCUT2D eigenvalue weighted by atomic mass is 16.5. The Labute approximate surface area is 141 Å². The van der Waals surface area contributed by atoms with Crippen LogP contribution in [0, 0.1) is 0 Å². The van der Waals surface area contributed by atoms with Gasteiger partial charge in [0.15, 0.2) is 11.5 Å². The van der Waals surface area contributed by atoms with Crippen LogP contribution >= 0.6 is 0 Å². The van der Waals surface area contributed by atoms with E-state index in [0.717, 1.165) is 47.1 Å². The molecule has 5 nitrogen and oxygen atoms in total. The molecule has 0 spiro atoms. The number of hydrogen-bond acceptors (Lipinski definition) is 4. The molecule has 2 aromatic carbocycles. The van der Waals surface area contributed by atoms with Crippen LogP contribution in [0.5, 0.6) is 11.5 Å². The lowest BCUT2D eigenvalue weighted by atomic mass is 10.1. The average Bonchev–Trinajstić information content (AvgIpc) is 3.01. The van der Waals surface area contributed by atoms with E-state index >= 15 is 0 Å². The number of methoxy groups -OCH3 is 2. The smallest absolute Gasteiger partial charge is 0.161 e. The minimum atomic E-state index is 0.718. The summed E-state index contributed by atoms with van der Waals surface area (Å²) in [6.45, 7) is 0.744. The molecule has 0 amide bonds. The summed E-state index contributed by atoms with van der Waals surface area (Å²) < 4.78 is 12.8. The second-order valence-corrected chi connectivity index (χ2v) is 5.58.